The van der Waals surface area contributed by atoms with E-state index in [1.165, 1.54) is 32.1 Å². The van der Waals surface area contributed by atoms with Gasteiger partial charge in [-0.25, -0.2) is 0 Å². The summed E-state index contributed by atoms with van der Waals surface area (Å²) in [6, 6.07) is 0. The number of rotatable bonds is 7. The Morgan fingerprint density at radius 3 is 2.00 bits per heavy atom. The Bertz CT molecular complexity index is 94.5. The number of hydrogen-bond acceptors (Lipinski definition) is 2. The Labute approximate surface area is 76.7 Å². The lowest BCUT2D eigenvalue weighted by atomic mass is 10.0. The minimum absolute atomic E-state index is 0.704. The lowest BCUT2D eigenvalue weighted by molar-refractivity contribution is 0.461. The van der Waals surface area contributed by atoms with Gasteiger partial charge in [0.05, 0.1) is 5.66 Å². The summed E-state index contributed by atoms with van der Waals surface area (Å²) in [6.07, 6.45) is 8.48. The monoisotopic (exact) mass is 171 g/mol. The SMILES string of the molecule is [CH2]C(N)(N)CCCCCCCC. The van der Waals surface area contributed by atoms with Gasteiger partial charge in [0.2, 0.25) is 0 Å². The molecule has 12 heavy (non-hydrogen) atoms. The Morgan fingerprint density at radius 2 is 1.50 bits per heavy atom. The Morgan fingerprint density at radius 1 is 1.00 bits per heavy atom. The summed E-state index contributed by atoms with van der Waals surface area (Å²) in [5.41, 5.74) is 10.4. The highest BCUT2D eigenvalue weighted by Gasteiger charge is 2.09. The minimum atomic E-state index is -0.704. The Balaban J connectivity index is 3.01. The molecule has 0 aliphatic heterocycles. The Kier molecular flexibility index (Phi) is 6.39. The van der Waals surface area contributed by atoms with E-state index in [0.29, 0.717) is 0 Å². The highest BCUT2D eigenvalue weighted by atomic mass is 14.9. The van der Waals surface area contributed by atoms with Crippen molar-refractivity contribution in [2.75, 3.05) is 0 Å². The maximum absolute atomic E-state index is 5.54. The zero-order chi connectivity index (χ0) is 9.45. The maximum atomic E-state index is 5.54. The molecule has 2 heteroatoms. The summed E-state index contributed by atoms with van der Waals surface area (Å²) in [6.45, 7) is 5.88. The first kappa shape index (κ1) is 11.9. The summed E-state index contributed by atoms with van der Waals surface area (Å²) < 4.78 is 0. The molecule has 0 aliphatic rings. The summed E-state index contributed by atoms with van der Waals surface area (Å²) in [5.74, 6) is 0. The third kappa shape index (κ3) is 9.92. The van der Waals surface area contributed by atoms with Gasteiger partial charge in [0.1, 0.15) is 0 Å². The maximum Gasteiger partial charge on any atom is 0.0637 e. The van der Waals surface area contributed by atoms with Gasteiger partial charge in [-0.15, -0.1) is 0 Å². The van der Waals surface area contributed by atoms with E-state index in [0.717, 1.165) is 12.8 Å². The second-order valence-electron chi connectivity index (χ2n) is 3.75. The summed E-state index contributed by atoms with van der Waals surface area (Å²) in [7, 11) is 0. The molecule has 0 saturated heterocycles. The molecule has 0 amide bonds. The molecule has 4 N–H and O–H groups in total. The average molecular weight is 171 g/mol. The lowest BCUT2D eigenvalue weighted by Crippen LogP contribution is -2.46. The van der Waals surface area contributed by atoms with Crippen LogP contribution in [0, 0.1) is 6.92 Å². The highest BCUT2D eigenvalue weighted by molar-refractivity contribution is 4.78. The van der Waals surface area contributed by atoms with Crippen molar-refractivity contribution in [3.8, 4) is 0 Å². The van der Waals surface area contributed by atoms with E-state index in [4.69, 9.17) is 11.5 Å². The average Bonchev–Trinajstić information content (AvgIpc) is 1.94. The topological polar surface area (TPSA) is 52.0 Å². The van der Waals surface area contributed by atoms with Crippen LogP contribution in [0.2, 0.25) is 0 Å². The van der Waals surface area contributed by atoms with Crippen LogP contribution in [0.4, 0.5) is 0 Å². The molecule has 0 aromatic heterocycles. The van der Waals surface area contributed by atoms with E-state index < -0.39 is 5.66 Å². The van der Waals surface area contributed by atoms with E-state index >= 15 is 0 Å². The van der Waals surface area contributed by atoms with Crippen LogP contribution in [0.25, 0.3) is 0 Å². The highest BCUT2D eigenvalue weighted by Crippen LogP contribution is 2.09. The first-order valence-corrected chi connectivity index (χ1v) is 4.99. The van der Waals surface area contributed by atoms with Gasteiger partial charge in [0.15, 0.2) is 0 Å². The number of nitrogens with two attached hydrogens (primary N) is 2. The fourth-order valence-electron chi connectivity index (χ4n) is 1.23. The van der Waals surface area contributed by atoms with Gasteiger partial charge >= 0.3 is 0 Å². The summed E-state index contributed by atoms with van der Waals surface area (Å²) in [4.78, 5) is 0. The molecule has 0 unspecified atom stereocenters. The van der Waals surface area contributed by atoms with Gasteiger partial charge in [-0.05, 0) is 13.3 Å². The fraction of sp³-hybridized carbons (Fsp3) is 0.900. The molecule has 0 rings (SSSR count). The van der Waals surface area contributed by atoms with Crippen LogP contribution in [0.1, 0.15) is 51.9 Å². The van der Waals surface area contributed by atoms with Crippen LogP contribution in [0.15, 0.2) is 0 Å². The molecule has 0 spiro atoms. The van der Waals surface area contributed by atoms with Crippen LogP contribution < -0.4 is 11.5 Å². The molecule has 0 atom stereocenters. The van der Waals surface area contributed by atoms with Crippen molar-refractivity contribution in [3.05, 3.63) is 6.92 Å². The van der Waals surface area contributed by atoms with Crippen molar-refractivity contribution >= 4 is 0 Å². The zero-order valence-corrected chi connectivity index (χ0v) is 8.31. The van der Waals surface area contributed by atoms with E-state index in [2.05, 4.69) is 13.8 Å². The predicted octanol–water partition coefficient (Wildman–Crippen LogP) is 2.18. The molecule has 0 aromatic carbocycles. The lowest BCUT2D eigenvalue weighted by Gasteiger charge is -2.17. The molecule has 0 saturated carbocycles. The van der Waals surface area contributed by atoms with Crippen LogP contribution in [0.3, 0.4) is 0 Å². The number of unbranched alkanes of at least 4 members (excludes halogenated alkanes) is 5. The molecule has 0 aromatic rings. The molecule has 1 radical (unpaired) electrons. The third-order valence-electron chi connectivity index (χ3n) is 2.00. The van der Waals surface area contributed by atoms with Crippen molar-refractivity contribution in [2.45, 2.75) is 57.5 Å². The largest absolute Gasteiger partial charge is 0.313 e. The third-order valence-corrected chi connectivity index (χ3v) is 2.00. The molecule has 0 bridgehead atoms. The normalized spacial score (nSPS) is 12.0. The van der Waals surface area contributed by atoms with Gasteiger partial charge < -0.3 is 11.5 Å². The summed E-state index contributed by atoms with van der Waals surface area (Å²) >= 11 is 0. The van der Waals surface area contributed by atoms with E-state index in [-0.39, 0.29) is 0 Å². The quantitative estimate of drug-likeness (QED) is 0.455. The first-order chi connectivity index (χ1) is 5.56. The molecule has 0 aliphatic carbocycles. The standard InChI is InChI=1S/C10H23N2/c1-3-4-5-6-7-8-9-10(2,11)12/h2-9,11-12H2,1H3. The van der Waals surface area contributed by atoms with Crippen LogP contribution in [-0.2, 0) is 0 Å². The summed E-state index contributed by atoms with van der Waals surface area (Å²) in [5, 5.41) is 0. The van der Waals surface area contributed by atoms with Gasteiger partial charge in [-0.3, -0.25) is 0 Å². The molecule has 73 valence electrons. The van der Waals surface area contributed by atoms with Crippen molar-refractivity contribution in [1.29, 1.82) is 0 Å². The van der Waals surface area contributed by atoms with Gasteiger partial charge in [-0.2, -0.15) is 0 Å². The fourth-order valence-corrected chi connectivity index (χ4v) is 1.23. The van der Waals surface area contributed by atoms with E-state index in [1.54, 1.807) is 0 Å². The van der Waals surface area contributed by atoms with E-state index in [9.17, 15) is 0 Å². The van der Waals surface area contributed by atoms with Crippen molar-refractivity contribution in [3.63, 3.8) is 0 Å². The van der Waals surface area contributed by atoms with Gasteiger partial charge in [-0.1, -0.05) is 45.4 Å². The van der Waals surface area contributed by atoms with Crippen LogP contribution >= 0.6 is 0 Å². The molecular weight excluding hydrogens is 148 g/mol. The minimum Gasteiger partial charge on any atom is -0.313 e. The van der Waals surface area contributed by atoms with Crippen molar-refractivity contribution in [1.82, 2.24) is 0 Å². The first-order valence-electron chi connectivity index (χ1n) is 4.99. The smallest absolute Gasteiger partial charge is 0.0637 e. The zero-order valence-electron chi connectivity index (χ0n) is 8.31. The second-order valence-corrected chi connectivity index (χ2v) is 3.75. The van der Waals surface area contributed by atoms with Crippen LogP contribution in [0.5, 0.6) is 0 Å². The van der Waals surface area contributed by atoms with Crippen molar-refractivity contribution < 1.29 is 0 Å². The van der Waals surface area contributed by atoms with Gasteiger partial charge in [0, 0.05) is 0 Å². The molecule has 0 heterocycles. The van der Waals surface area contributed by atoms with Crippen molar-refractivity contribution in [2.24, 2.45) is 11.5 Å². The number of hydrogen-bond donors (Lipinski definition) is 2. The van der Waals surface area contributed by atoms with Crippen LogP contribution in [-0.4, -0.2) is 5.66 Å². The van der Waals surface area contributed by atoms with Gasteiger partial charge in [0.25, 0.3) is 0 Å². The molecular formula is C10H23N2. The molecule has 0 fully saturated rings. The molecule has 2 nitrogen and oxygen atoms in total. The Hall–Kier alpha value is -0.0800. The second kappa shape index (κ2) is 6.44. The van der Waals surface area contributed by atoms with E-state index in [1.807, 2.05) is 0 Å². The predicted molar refractivity (Wildman–Crippen MR) is 54.5 cm³/mol.